The first-order valence-electron chi connectivity index (χ1n) is 7.14. The van der Waals surface area contributed by atoms with Crippen LogP contribution in [-0.2, 0) is 21.4 Å². The average molecular weight is 296 g/mol. The standard InChI is InChI=1S/C15H24N2O4/c1-14(2,3)21-13(18)16-9-15(10-19-4)12-11(5-7-17-15)6-8-20-12/h6,8,17H,5,7,9-10H2,1-4H3,(H,16,18). The Balaban J connectivity index is 2.09. The van der Waals surface area contributed by atoms with Gasteiger partial charge in [-0.2, -0.15) is 0 Å². The van der Waals surface area contributed by atoms with E-state index in [2.05, 4.69) is 10.6 Å². The summed E-state index contributed by atoms with van der Waals surface area (Å²) in [7, 11) is 1.63. The van der Waals surface area contributed by atoms with Gasteiger partial charge in [0.1, 0.15) is 16.9 Å². The minimum Gasteiger partial charge on any atom is -0.467 e. The Morgan fingerprint density at radius 2 is 2.29 bits per heavy atom. The van der Waals surface area contributed by atoms with E-state index in [0.717, 1.165) is 24.3 Å². The number of fused-ring (bicyclic) bond motifs is 1. The first-order chi connectivity index (χ1) is 9.86. The molecule has 0 saturated heterocycles. The normalized spacial score (nSPS) is 21.7. The number of carbonyl (C=O) groups excluding carboxylic acids is 1. The molecule has 2 heterocycles. The van der Waals surface area contributed by atoms with Crippen molar-refractivity contribution in [3.8, 4) is 0 Å². The molecule has 1 aliphatic heterocycles. The molecule has 0 radical (unpaired) electrons. The van der Waals surface area contributed by atoms with Crippen LogP contribution in [0.2, 0.25) is 0 Å². The lowest BCUT2D eigenvalue weighted by molar-refractivity contribution is 0.0447. The van der Waals surface area contributed by atoms with Crippen molar-refractivity contribution in [2.24, 2.45) is 0 Å². The lowest BCUT2D eigenvalue weighted by Crippen LogP contribution is -2.57. The SMILES string of the molecule is COCC1(CNC(=O)OC(C)(C)C)NCCc2ccoc21. The summed E-state index contributed by atoms with van der Waals surface area (Å²) >= 11 is 0. The zero-order chi connectivity index (χ0) is 15.5. The fourth-order valence-electron chi connectivity index (χ4n) is 2.56. The van der Waals surface area contributed by atoms with E-state index in [0.29, 0.717) is 13.2 Å². The van der Waals surface area contributed by atoms with E-state index < -0.39 is 17.2 Å². The van der Waals surface area contributed by atoms with Crippen LogP contribution in [0.5, 0.6) is 0 Å². The number of hydrogen-bond donors (Lipinski definition) is 2. The van der Waals surface area contributed by atoms with Gasteiger partial charge in [0.05, 0.1) is 12.9 Å². The summed E-state index contributed by atoms with van der Waals surface area (Å²) in [5, 5.41) is 6.21. The number of amides is 1. The van der Waals surface area contributed by atoms with Crippen molar-refractivity contribution in [1.29, 1.82) is 0 Å². The van der Waals surface area contributed by atoms with Gasteiger partial charge in [0.15, 0.2) is 0 Å². The molecule has 118 valence electrons. The fourth-order valence-corrected chi connectivity index (χ4v) is 2.56. The number of carbonyl (C=O) groups is 1. The highest BCUT2D eigenvalue weighted by molar-refractivity contribution is 5.67. The van der Waals surface area contributed by atoms with Crippen LogP contribution >= 0.6 is 0 Å². The molecule has 6 nitrogen and oxygen atoms in total. The molecule has 0 aliphatic carbocycles. The molecule has 1 aromatic rings. The van der Waals surface area contributed by atoms with Gasteiger partial charge in [-0.15, -0.1) is 0 Å². The molecule has 0 fully saturated rings. The lowest BCUT2D eigenvalue weighted by Gasteiger charge is -2.36. The molecule has 2 rings (SSSR count). The predicted octanol–water partition coefficient (Wildman–Crippen LogP) is 1.79. The third-order valence-electron chi connectivity index (χ3n) is 3.36. The largest absolute Gasteiger partial charge is 0.467 e. The number of ether oxygens (including phenoxy) is 2. The number of methoxy groups -OCH3 is 1. The Morgan fingerprint density at radius 1 is 1.52 bits per heavy atom. The average Bonchev–Trinajstić information content (AvgIpc) is 2.85. The van der Waals surface area contributed by atoms with Gasteiger partial charge in [0.25, 0.3) is 0 Å². The van der Waals surface area contributed by atoms with Crippen LogP contribution in [0.3, 0.4) is 0 Å². The highest BCUT2D eigenvalue weighted by atomic mass is 16.6. The van der Waals surface area contributed by atoms with Crippen molar-refractivity contribution < 1.29 is 18.7 Å². The molecular weight excluding hydrogens is 272 g/mol. The lowest BCUT2D eigenvalue weighted by atomic mass is 9.89. The molecule has 1 atom stereocenters. The first kappa shape index (κ1) is 15.9. The van der Waals surface area contributed by atoms with E-state index in [1.807, 2.05) is 26.8 Å². The predicted molar refractivity (Wildman–Crippen MR) is 78.2 cm³/mol. The zero-order valence-electron chi connectivity index (χ0n) is 13.1. The highest BCUT2D eigenvalue weighted by Crippen LogP contribution is 2.29. The molecule has 0 bridgehead atoms. The van der Waals surface area contributed by atoms with Crippen LogP contribution in [0.25, 0.3) is 0 Å². The molecular formula is C15H24N2O4. The van der Waals surface area contributed by atoms with Crippen LogP contribution in [0, 0.1) is 0 Å². The van der Waals surface area contributed by atoms with Crippen LogP contribution in [0.15, 0.2) is 16.7 Å². The van der Waals surface area contributed by atoms with Crippen LogP contribution in [0.1, 0.15) is 32.1 Å². The number of nitrogens with one attached hydrogen (secondary N) is 2. The summed E-state index contributed by atoms with van der Waals surface area (Å²) < 4.78 is 16.2. The zero-order valence-corrected chi connectivity index (χ0v) is 13.1. The molecule has 6 heteroatoms. The van der Waals surface area contributed by atoms with E-state index >= 15 is 0 Å². The number of alkyl carbamates (subject to hydrolysis) is 1. The summed E-state index contributed by atoms with van der Waals surface area (Å²) in [6.07, 6.45) is 2.14. The molecule has 1 aromatic heterocycles. The van der Waals surface area contributed by atoms with Gasteiger partial charge in [-0.1, -0.05) is 0 Å². The van der Waals surface area contributed by atoms with Crippen molar-refractivity contribution in [2.75, 3.05) is 26.8 Å². The third kappa shape index (κ3) is 3.77. The molecule has 1 unspecified atom stereocenters. The molecule has 2 N–H and O–H groups in total. The maximum atomic E-state index is 11.9. The summed E-state index contributed by atoms with van der Waals surface area (Å²) in [6, 6.07) is 1.97. The van der Waals surface area contributed by atoms with Gasteiger partial charge in [0, 0.05) is 20.2 Å². The number of hydrogen-bond acceptors (Lipinski definition) is 5. The van der Waals surface area contributed by atoms with Gasteiger partial charge in [-0.3, -0.25) is 0 Å². The van der Waals surface area contributed by atoms with Crippen molar-refractivity contribution in [3.63, 3.8) is 0 Å². The summed E-state index contributed by atoms with van der Waals surface area (Å²) in [6.45, 7) is 7.06. The Kier molecular flexibility index (Phi) is 4.58. The van der Waals surface area contributed by atoms with E-state index in [-0.39, 0.29) is 0 Å². The molecule has 0 spiro atoms. The van der Waals surface area contributed by atoms with E-state index in [1.54, 1.807) is 13.4 Å². The third-order valence-corrected chi connectivity index (χ3v) is 3.36. The van der Waals surface area contributed by atoms with E-state index in [1.165, 1.54) is 0 Å². The van der Waals surface area contributed by atoms with Crippen LogP contribution < -0.4 is 10.6 Å². The highest BCUT2D eigenvalue weighted by Gasteiger charge is 2.40. The minimum absolute atomic E-state index is 0.344. The van der Waals surface area contributed by atoms with Gasteiger partial charge in [-0.25, -0.2) is 4.79 Å². The maximum Gasteiger partial charge on any atom is 0.407 e. The summed E-state index contributed by atoms with van der Waals surface area (Å²) in [5.74, 6) is 0.826. The Hall–Kier alpha value is -1.53. The fraction of sp³-hybridized carbons (Fsp3) is 0.667. The van der Waals surface area contributed by atoms with Crippen molar-refractivity contribution in [1.82, 2.24) is 10.6 Å². The van der Waals surface area contributed by atoms with Gasteiger partial charge >= 0.3 is 6.09 Å². The monoisotopic (exact) mass is 296 g/mol. The first-order valence-corrected chi connectivity index (χ1v) is 7.14. The van der Waals surface area contributed by atoms with Gasteiger partial charge in [0.2, 0.25) is 0 Å². The molecule has 21 heavy (non-hydrogen) atoms. The smallest absolute Gasteiger partial charge is 0.407 e. The topological polar surface area (TPSA) is 72.7 Å². The summed E-state index contributed by atoms with van der Waals surface area (Å²) in [5.41, 5.74) is 0.0775. The van der Waals surface area contributed by atoms with E-state index in [9.17, 15) is 4.79 Å². The molecule has 0 aromatic carbocycles. The van der Waals surface area contributed by atoms with Crippen molar-refractivity contribution >= 4 is 6.09 Å². The Bertz CT molecular complexity index is 492. The maximum absolute atomic E-state index is 11.9. The van der Waals surface area contributed by atoms with Gasteiger partial charge in [-0.05, 0) is 38.8 Å². The van der Waals surface area contributed by atoms with Crippen LogP contribution in [-0.4, -0.2) is 38.5 Å². The minimum atomic E-state index is -0.553. The Morgan fingerprint density at radius 3 is 2.95 bits per heavy atom. The molecule has 1 aliphatic rings. The molecule has 0 saturated carbocycles. The summed E-state index contributed by atoms with van der Waals surface area (Å²) in [4.78, 5) is 11.9. The van der Waals surface area contributed by atoms with Crippen LogP contribution in [0.4, 0.5) is 4.79 Å². The Labute approximate surface area is 125 Å². The van der Waals surface area contributed by atoms with Crippen molar-refractivity contribution in [3.05, 3.63) is 23.7 Å². The second-order valence-electron chi connectivity index (χ2n) is 6.32. The quantitative estimate of drug-likeness (QED) is 0.886. The number of furan rings is 1. The van der Waals surface area contributed by atoms with E-state index in [4.69, 9.17) is 13.9 Å². The second-order valence-corrected chi connectivity index (χ2v) is 6.32. The number of rotatable bonds is 4. The van der Waals surface area contributed by atoms with Gasteiger partial charge < -0.3 is 24.5 Å². The molecule has 1 amide bonds. The second kappa shape index (κ2) is 6.07. The van der Waals surface area contributed by atoms with Crippen molar-refractivity contribution in [2.45, 2.75) is 38.3 Å².